The first-order valence-electron chi connectivity index (χ1n) is 8.26. The molecule has 0 saturated heterocycles. The number of rotatable bonds is 9. The number of thioether (sulfide) groups is 1. The van der Waals surface area contributed by atoms with Crippen molar-refractivity contribution in [2.45, 2.75) is 25.6 Å². The maximum atomic E-state index is 12.0. The van der Waals surface area contributed by atoms with Gasteiger partial charge in [0.05, 0.1) is 18.9 Å². The molecule has 0 radical (unpaired) electrons. The molecule has 0 saturated carbocycles. The molecule has 4 nitrogen and oxygen atoms in total. The van der Waals surface area contributed by atoms with Gasteiger partial charge in [-0.2, -0.15) is 0 Å². The van der Waals surface area contributed by atoms with Crippen molar-refractivity contribution in [1.29, 1.82) is 0 Å². The van der Waals surface area contributed by atoms with Crippen molar-refractivity contribution in [3.05, 3.63) is 59.7 Å². The van der Waals surface area contributed by atoms with Crippen LogP contribution in [0.5, 0.6) is 11.5 Å². The van der Waals surface area contributed by atoms with Crippen molar-refractivity contribution in [2.24, 2.45) is 0 Å². The van der Waals surface area contributed by atoms with E-state index in [0.29, 0.717) is 12.4 Å². The van der Waals surface area contributed by atoms with Crippen LogP contribution in [-0.4, -0.2) is 31.4 Å². The van der Waals surface area contributed by atoms with Gasteiger partial charge in [-0.05, 0) is 43.7 Å². The zero-order valence-corrected chi connectivity index (χ0v) is 15.8. The number of carbonyl (C=O) groups is 1. The molecule has 1 unspecified atom stereocenters. The molecule has 134 valence electrons. The lowest BCUT2D eigenvalue weighted by molar-refractivity contribution is -0.119. The normalized spacial score (nSPS) is 11.6. The van der Waals surface area contributed by atoms with Crippen LogP contribution >= 0.6 is 11.8 Å². The van der Waals surface area contributed by atoms with Crippen molar-refractivity contribution >= 4 is 17.7 Å². The van der Waals surface area contributed by atoms with Crippen LogP contribution < -0.4 is 14.8 Å². The van der Waals surface area contributed by atoms with Crippen LogP contribution in [-0.2, 0) is 10.5 Å². The first-order chi connectivity index (χ1) is 12.1. The quantitative estimate of drug-likeness (QED) is 0.739. The molecule has 1 amide bonds. The Balaban J connectivity index is 1.64. The molecule has 25 heavy (non-hydrogen) atoms. The molecule has 2 aromatic rings. The summed E-state index contributed by atoms with van der Waals surface area (Å²) in [5, 5.41) is 2.96. The molecule has 1 atom stereocenters. The van der Waals surface area contributed by atoms with Gasteiger partial charge in [0.15, 0.2) is 0 Å². The summed E-state index contributed by atoms with van der Waals surface area (Å²) in [6.45, 7) is 4.44. The van der Waals surface area contributed by atoms with E-state index in [2.05, 4.69) is 36.5 Å². The minimum absolute atomic E-state index is 0.0305. The van der Waals surface area contributed by atoms with Crippen molar-refractivity contribution in [1.82, 2.24) is 5.32 Å². The molecule has 2 aromatic carbocycles. The van der Waals surface area contributed by atoms with Gasteiger partial charge in [0.1, 0.15) is 18.1 Å². The van der Waals surface area contributed by atoms with E-state index in [9.17, 15) is 4.79 Å². The fourth-order valence-corrected chi connectivity index (χ4v) is 3.00. The van der Waals surface area contributed by atoms with Gasteiger partial charge in [-0.15, -0.1) is 11.8 Å². The number of benzene rings is 2. The molecular formula is C20H25NO3S. The Labute approximate surface area is 153 Å². The Kier molecular flexibility index (Phi) is 7.67. The SMILES string of the molecule is COc1ccc(OCC(C)NC(=O)CSCc2ccc(C)cc2)cc1. The Bertz CT molecular complexity index is 656. The first kappa shape index (κ1) is 19.2. The summed E-state index contributed by atoms with van der Waals surface area (Å²) in [5.41, 5.74) is 2.48. The van der Waals surface area contributed by atoms with Gasteiger partial charge < -0.3 is 14.8 Å². The molecule has 0 aliphatic heterocycles. The van der Waals surface area contributed by atoms with E-state index in [-0.39, 0.29) is 11.9 Å². The minimum atomic E-state index is -0.0467. The highest BCUT2D eigenvalue weighted by Crippen LogP contribution is 2.17. The van der Waals surface area contributed by atoms with Crippen LogP contribution in [0.4, 0.5) is 0 Å². The molecule has 0 bridgehead atoms. The Morgan fingerprint density at radius 2 is 1.72 bits per heavy atom. The number of carbonyl (C=O) groups excluding carboxylic acids is 1. The van der Waals surface area contributed by atoms with E-state index in [1.807, 2.05) is 31.2 Å². The average molecular weight is 359 g/mol. The fraction of sp³-hybridized carbons (Fsp3) is 0.350. The van der Waals surface area contributed by atoms with Crippen molar-refractivity contribution in [3.63, 3.8) is 0 Å². The van der Waals surface area contributed by atoms with Crippen molar-refractivity contribution in [3.8, 4) is 11.5 Å². The third-order valence-corrected chi connectivity index (χ3v) is 4.59. The predicted molar refractivity (Wildman–Crippen MR) is 103 cm³/mol. The third-order valence-electron chi connectivity index (χ3n) is 3.59. The van der Waals surface area contributed by atoms with Crippen LogP contribution in [0.3, 0.4) is 0 Å². The number of aryl methyl sites for hydroxylation is 1. The second-order valence-corrected chi connectivity index (χ2v) is 6.92. The van der Waals surface area contributed by atoms with Crippen LogP contribution in [0.25, 0.3) is 0 Å². The lowest BCUT2D eigenvalue weighted by atomic mass is 10.2. The maximum Gasteiger partial charge on any atom is 0.230 e. The minimum Gasteiger partial charge on any atom is -0.497 e. The van der Waals surface area contributed by atoms with Crippen LogP contribution in [0.1, 0.15) is 18.1 Å². The topological polar surface area (TPSA) is 47.6 Å². The monoisotopic (exact) mass is 359 g/mol. The van der Waals surface area contributed by atoms with Gasteiger partial charge >= 0.3 is 0 Å². The summed E-state index contributed by atoms with van der Waals surface area (Å²) < 4.78 is 10.8. The Morgan fingerprint density at radius 3 is 2.36 bits per heavy atom. The average Bonchev–Trinajstić information content (AvgIpc) is 2.62. The van der Waals surface area contributed by atoms with Crippen molar-refractivity contribution < 1.29 is 14.3 Å². The van der Waals surface area contributed by atoms with Gasteiger partial charge in [0.25, 0.3) is 0 Å². The molecular weight excluding hydrogens is 334 g/mol. The molecule has 0 aromatic heterocycles. The number of hydrogen-bond acceptors (Lipinski definition) is 4. The molecule has 1 N–H and O–H groups in total. The van der Waals surface area contributed by atoms with Gasteiger partial charge in [-0.1, -0.05) is 29.8 Å². The molecule has 0 aliphatic carbocycles. The summed E-state index contributed by atoms with van der Waals surface area (Å²) in [7, 11) is 1.63. The van der Waals surface area contributed by atoms with Crippen LogP contribution in [0, 0.1) is 6.92 Å². The first-order valence-corrected chi connectivity index (χ1v) is 9.42. The highest BCUT2D eigenvalue weighted by atomic mass is 32.2. The van der Waals surface area contributed by atoms with Crippen LogP contribution in [0.15, 0.2) is 48.5 Å². The van der Waals surface area contributed by atoms with E-state index in [1.165, 1.54) is 11.1 Å². The van der Waals surface area contributed by atoms with Gasteiger partial charge in [-0.25, -0.2) is 0 Å². The second kappa shape index (κ2) is 9.99. The zero-order chi connectivity index (χ0) is 18.1. The summed E-state index contributed by atoms with van der Waals surface area (Å²) in [6.07, 6.45) is 0. The predicted octanol–water partition coefficient (Wildman–Crippen LogP) is 3.82. The third kappa shape index (κ3) is 7.10. The summed E-state index contributed by atoms with van der Waals surface area (Å²) >= 11 is 1.61. The number of nitrogens with one attached hydrogen (secondary N) is 1. The molecule has 5 heteroatoms. The molecule has 0 aliphatic rings. The van der Waals surface area contributed by atoms with E-state index < -0.39 is 0 Å². The highest BCUT2D eigenvalue weighted by Gasteiger charge is 2.08. The zero-order valence-electron chi connectivity index (χ0n) is 15.0. The standard InChI is InChI=1S/C20H25NO3S/c1-15-4-6-17(7-5-15)13-25-14-20(22)21-16(2)12-24-19-10-8-18(23-3)9-11-19/h4-11,16H,12-14H2,1-3H3,(H,21,22). The largest absolute Gasteiger partial charge is 0.497 e. The van der Waals surface area contributed by atoms with Crippen molar-refractivity contribution in [2.75, 3.05) is 19.5 Å². The lowest BCUT2D eigenvalue weighted by Gasteiger charge is -2.15. The summed E-state index contributed by atoms with van der Waals surface area (Å²) in [6, 6.07) is 15.7. The summed E-state index contributed by atoms with van der Waals surface area (Å²) in [4.78, 5) is 12.0. The number of hydrogen-bond donors (Lipinski definition) is 1. The number of methoxy groups -OCH3 is 1. The van der Waals surface area contributed by atoms with E-state index in [1.54, 1.807) is 18.9 Å². The lowest BCUT2D eigenvalue weighted by Crippen LogP contribution is -2.37. The summed E-state index contributed by atoms with van der Waals surface area (Å²) in [5.74, 6) is 2.86. The fourth-order valence-electron chi connectivity index (χ4n) is 2.20. The smallest absolute Gasteiger partial charge is 0.230 e. The van der Waals surface area contributed by atoms with E-state index >= 15 is 0 Å². The molecule has 2 rings (SSSR count). The number of amides is 1. The highest BCUT2D eigenvalue weighted by molar-refractivity contribution is 7.99. The Hall–Kier alpha value is -2.14. The Morgan fingerprint density at radius 1 is 1.08 bits per heavy atom. The second-order valence-electron chi connectivity index (χ2n) is 5.93. The van der Waals surface area contributed by atoms with E-state index in [0.717, 1.165) is 17.3 Å². The van der Waals surface area contributed by atoms with E-state index in [4.69, 9.17) is 9.47 Å². The number of ether oxygens (including phenoxy) is 2. The molecule has 0 heterocycles. The van der Waals surface area contributed by atoms with Gasteiger partial charge in [0.2, 0.25) is 5.91 Å². The molecule has 0 spiro atoms. The van der Waals surface area contributed by atoms with Crippen LogP contribution in [0.2, 0.25) is 0 Å². The van der Waals surface area contributed by atoms with Gasteiger partial charge in [-0.3, -0.25) is 4.79 Å². The van der Waals surface area contributed by atoms with Gasteiger partial charge in [0, 0.05) is 5.75 Å². The maximum absolute atomic E-state index is 12.0. The molecule has 0 fully saturated rings.